The highest BCUT2D eigenvalue weighted by atomic mass is 127. The van der Waals surface area contributed by atoms with Crippen molar-refractivity contribution in [2.45, 2.75) is 25.7 Å². The van der Waals surface area contributed by atoms with Gasteiger partial charge in [0.15, 0.2) is 0 Å². The third kappa shape index (κ3) is 6.27. The molecule has 0 heterocycles. The first-order chi connectivity index (χ1) is 8.24. The van der Waals surface area contributed by atoms with E-state index in [1.807, 2.05) is 24.3 Å². The summed E-state index contributed by atoms with van der Waals surface area (Å²) in [5, 5.41) is 2.93. The molecule has 17 heavy (non-hydrogen) atoms. The van der Waals surface area contributed by atoms with E-state index < -0.39 is 0 Å². The van der Waals surface area contributed by atoms with Crippen molar-refractivity contribution in [3.05, 3.63) is 33.4 Å². The van der Waals surface area contributed by atoms with Crippen LogP contribution in [0.3, 0.4) is 0 Å². The lowest BCUT2D eigenvalue weighted by Gasteiger charge is -2.05. The van der Waals surface area contributed by atoms with Gasteiger partial charge in [0.2, 0.25) is 0 Å². The van der Waals surface area contributed by atoms with Crippen molar-refractivity contribution in [1.82, 2.24) is 5.32 Å². The summed E-state index contributed by atoms with van der Waals surface area (Å²) in [5.74, 6) is 0.746. The highest BCUT2D eigenvalue weighted by Gasteiger charge is 2.04. The molecule has 2 nitrogen and oxygen atoms in total. The van der Waals surface area contributed by atoms with Crippen molar-refractivity contribution < 1.29 is 4.79 Å². The number of alkyl halides is 1. The minimum Gasteiger partial charge on any atom is -0.352 e. The molecule has 0 aromatic heterocycles. The number of halogens is 2. The first-order valence-electron chi connectivity index (χ1n) is 5.84. The number of carbonyl (C=O) groups is 1. The third-order valence-electron chi connectivity index (χ3n) is 2.43. The minimum absolute atomic E-state index is 0.0147. The number of nitrogens with one attached hydrogen (secondary N) is 1. The fraction of sp³-hybridized carbons (Fsp3) is 0.462. The molecule has 0 atom stereocenters. The number of benzene rings is 1. The molecule has 94 valence electrons. The Morgan fingerprint density at radius 1 is 1.24 bits per heavy atom. The Bertz CT molecular complexity index is 357. The smallest absolute Gasteiger partial charge is 0.251 e. The summed E-state index contributed by atoms with van der Waals surface area (Å²) in [7, 11) is 0. The average Bonchev–Trinajstić information content (AvgIpc) is 2.33. The molecule has 0 bridgehead atoms. The van der Waals surface area contributed by atoms with Crippen LogP contribution in [-0.2, 0) is 0 Å². The van der Waals surface area contributed by atoms with Crippen LogP contribution < -0.4 is 5.32 Å². The maximum Gasteiger partial charge on any atom is 0.251 e. The number of rotatable bonds is 7. The second kappa shape index (κ2) is 8.75. The Kier molecular flexibility index (Phi) is 7.60. The lowest BCUT2D eigenvalue weighted by atomic mass is 10.2. The fourth-order valence-electron chi connectivity index (χ4n) is 1.51. The zero-order valence-corrected chi connectivity index (χ0v) is 12.6. The van der Waals surface area contributed by atoms with E-state index in [4.69, 9.17) is 11.6 Å². The number of unbranched alkanes of at least 4 members (excludes halogenated alkanes) is 3. The van der Waals surface area contributed by atoms with Gasteiger partial charge in [-0.05, 0) is 53.6 Å². The molecule has 0 unspecified atom stereocenters. The summed E-state index contributed by atoms with van der Waals surface area (Å²) in [4.78, 5) is 11.8. The molecule has 0 spiro atoms. The zero-order chi connectivity index (χ0) is 12.5. The maximum atomic E-state index is 11.8. The molecule has 0 saturated carbocycles. The fourth-order valence-corrected chi connectivity index (χ4v) is 2.24. The summed E-state index contributed by atoms with van der Waals surface area (Å²) < 4.78 is 1.08. The Hall–Kier alpha value is -0.290. The standard InChI is InChI=1S/C13H17ClINO/c14-8-3-1-2-4-9-16-13(17)11-6-5-7-12(15)10-11/h5-7,10H,1-4,8-9H2,(H,16,17). The first-order valence-corrected chi connectivity index (χ1v) is 7.45. The molecule has 0 radical (unpaired) electrons. The van der Waals surface area contributed by atoms with Gasteiger partial charge in [-0.3, -0.25) is 4.79 Å². The van der Waals surface area contributed by atoms with Gasteiger partial charge in [-0.15, -0.1) is 11.6 Å². The van der Waals surface area contributed by atoms with Gasteiger partial charge in [-0.2, -0.15) is 0 Å². The van der Waals surface area contributed by atoms with Crippen molar-refractivity contribution in [3.63, 3.8) is 0 Å². The van der Waals surface area contributed by atoms with Crippen LogP contribution in [0.25, 0.3) is 0 Å². The number of hydrogen-bond donors (Lipinski definition) is 1. The molecule has 1 rings (SSSR count). The molecule has 0 saturated heterocycles. The highest BCUT2D eigenvalue weighted by Crippen LogP contribution is 2.07. The van der Waals surface area contributed by atoms with E-state index in [1.165, 1.54) is 0 Å². The molecule has 1 aromatic rings. The van der Waals surface area contributed by atoms with Gasteiger partial charge in [0, 0.05) is 21.6 Å². The van der Waals surface area contributed by atoms with E-state index in [0.29, 0.717) is 0 Å². The zero-order valence-electron chi connectivity index (χ0n) is 9.72. The summed E-state index contributed by atoms with van der Waals surface area (Å²) in [6.45, 7) is 0.743. The Balaban J connectivity index is 2.21. The summed E-state index contributed by atoms with van der Waals surface area (Å²) in [5.41, 5.74) is 0.734. The van der Waals surface area contributed by atoms with Gasteiger partial charge in [-0.1, -0.05) is 18.9 Å². The van der Waals surface area contributed by atoms with Gasteiger partial charge in [0.1, 0.15) is 0 Å². The molecule has 1 N–H and O–H groups in total. The van der Waals surface area contributed by atoms with Crippen LogP contribution in [0.2, 0.25) is 0 Å². The maximum absolute atomic E-state index is 11.8. The molecular formula is C13H17ClINO. The van der Waals surface area contributed by atoms with Gasteiger partial charge in [-0.25, -0.2) is 0 Å². The second-order valence-corrected chi connectivity index (χ2v) is 5.49. The van der Waals surface area contributed by atoms with Crippen LogP contribution in [0.15, 0.2) is 24.3 Å². The van der Waals surface area contributed by atoms with Gasteiger partial charge in [0.05, 0.1) is 0 Å². The van der Waals surface area contributed by atoms with E-state index >= 15 is 0 Å². The first kappa shape index (κ1) is 14.8. The summed E-state index contributed by atoms with van der Waals surface area (Å²) in [6.07, 6.45) is 4.35. The van der Waals surface area contributed by atoms with E-state index in [1.54, 1.807) is 0 Å². The van der Waals surface area contributed by atoms with Gasteiger partial charge < -0.3 is 5.32 Å². The average molecular weight is 366 g/mol. The molecule has 0 aliphatic carbocycles. The number of carbonyl (C=O) groups excluding carboxylic acids is 1. The van der Waals surface area contributed by atoms with Crippen LogP contribution in [0.5, 0.6) is 0 Å². The predicted molar refractivity (Wildman–Crippen MR) is 80.7 cm³/mol. The van der Waals surface area contributed by atoms with Crippen LogP contribution in [0.1, 0.15) is 36.0 Å². The molecule has 0 aliphatic heterocycles. The highest BCUT2D eigenvalue weighted by molar-refractivity contribution is 14.1. The second-order valence-electron chi connectivity index (χ2n) is 3.87. The lowest BCUT2D eigenvalue weighted by Crippen LogP contribution is -2.24. The Morgan fingerprint density at radius 3 is 2.71 bits per heavy atom. The van der Waals surface area contributed by atoms with Crippen molar-refractivity contribution in [3.8, 4) is 0 Å². The van der Waals surface area contributed by atoms with E-state index in [2.05, 4.69) is 27.9 Å². The SMILES string of the molecule is O=C(NCCCCCCCl)c1cccc(I)c1. The van der Waals surface area contributed by atoms with Gasteiger partial charge in [0.25, 0.3) is 5.91 Å². The van der Waals surface area contributed by atoms with E-state index in [-0.39, 0.29) is 5.91 Å². The topological polar surface area (TPSA) is 29.1 Å². The van der Waals surface area contributed by atoms with Crippen molar-refractivity contribution in [2.24, 2.45) is 0 Å². The normalized spacial score (nSPS) is 10.2. The molecule has 1 amide bonds. The molecule has 1 aromatic carbocycles. The summed E-state index contributed by atoms with van der Waals surface area (Å²) in [6, 6.07) is 7.61. The van der Waals surface area contributed by atoms with Crippen LogP contribution >= 0.6 is 34.2 Å². The molecule has 4 heteroatoms. The quantitative estimate of drug-likeness (QED) is 0.444. The summed E-state index contributed by atoms with van der Waals surface area (Å²) >= 11 is 7.80. The Morgan fingerprint density at radius 2 is 2.00 bits per heavy atom. The molecular weight excluding hydrogens is 349 g/mol. The monoisotopic (exact) mass is 365 g/mol. The Labute approximate surface area is 121 Å². The van der Waals surface area contributed by atoms with Crippen molar-refractivity contribution in [1.29, 1.82) is 0 Å². The largest absolute Gasteiger partial charge is 0.352 e. The third-order valence-corrected chi connectivity index (χ3v) is 3.37. The van der Waals surface area contributed by atoms with Crippen LogP contribution in [0, 0.1) is 3.57 Å². The van der Waals surface area contributed by atoms with Crippen LogP contribution in [-0.4, -0.2) is 18.3 Å². The number of hydrogen-bond acceptors (Lipinski definition) is 1. The van der Waals surface area contributed by atoms with Gasteiger partial charge >= 0.3 is 0 Å². The van der Waals surface area contributed by atoms with Crippen LogP contribution in [0.4, 0.5) is 0 Å². The van der Waals surface area contributed by atoms with E-state index in [9.17, 15) is 4.79 Å². The molecule has 0 aliphatic rings. The predicted octanol–water partition coefficient (Wildman–Crippen LogP) is 3.82. The number of amides is 1. The van der Waals surface area contributed by atoms with E-state index in [0.717, 1.165) is 47.2 Å². The van der Waals surface area contributed by atoms with Crippen molar-refractivity contribution in [2.75, 3.05) is 12.4 Å². The van der Waals surface area contributed by atoms with Crippen molar-refractivity contribution >= 4 is 40.1 Å². The lowest BCUT2D eigenvalue weighted by molar-refractivity contribution is 0.0953. The minimum atomic E-state index is 0.0147. The molecule has 0 fully saturated rings.